The van der Waals surface area contributed by atoms with E-state index in [4.69, 9.17) is 4.74 Å². The van der Waals surface area contributed by atoms with E-state index >= 15 is 0 Å². The Balaban J connectivity index is 1.19. The summed E-state index contributed by atoms with van der Waals surface area (Å²) < 4.78 is 29.8. The largest absolute Gasteiger partial charge is 0.493 e. The molecule has 0 unspecified atom stereocenters. The fraction of sp³-hybridized carbons (Fsp3) is 0.480. The molecule has 1 atom stereocenters. The average molecular weight is 470 g/mol. The van der Waals surface area contributed by atoms with Crippen molar-refractivity contribution in [3.8, 4) is 5.75 Å². The summed E-state index contributed by atoms with van der Waals surface area (Å²) in [5.41, 5.74) is 3.39. The number of hydrogen-bond donors (Lipinski definition) is 0. The number of carbonyl (C=O) groups is 1. The van der Waals surface area contributed by atoms with E-state index in [1.54, 1.807) is 4.90 Å². The van der Waals surface area contributed by atoms with E-state index in [9.17, 15) is 13.2 Å². The van der Waals surface area contributed by atoms with Crippen LogP contribution in [0, 0.1) is 0 Å². The number of para-hydroxylation sites is 1. The Kier molecular flexibility index (Phi) is 6.40. The third-order valence-electron chi connectivity index (χ3n) is 6.86. The SMILES string of the molecule is O=C(CN1CCN(Cc2ccc3c(c2)CCO3)CC1)N(c1ccccc1)[C@@H]1CCS(=O)(=O)C1. The molecule has 2 saturated heterocycles. The lowest BCUT2D eigenvalue weighted by molar-refractivity contribution is -0.120. The zero-order chi connectivity index (χ0) is 22.8. The van der Waals surface area contributed by atoms with Gasteiger partial charge in [0.25, 0.3) is 0 Å². The highest BCUT2D eigenvalue weighted by molar-refractivity contribution is 7.91. The van der Waals surface area contributed by atoms with Crippen molar-refractivity contribution in [2.45, 2.75) is 25.4 Å². The van der Waals surface area contributed by atoms with Crippen LogP contribution < -0.4 is 9.64 Å². The van der Waals surface area contributed by atoms with Crippen LogP contribution in [0.2, 0.25) is 0 Å². The van der Waals surface area contributed by atoms with Crippen LogP contribution in [0.1, 0.15) is 17.5 Å². The molecule has 8 heteroatoms. The average Bonchev–Trinajstić information content (AvgIpc) is 3.41. The van der Waals surface area contributed by atoms with Crippen molar-refractivity contribution >= 4 is 21.4 Å². The molecule has 3 aliphatic rings. The maximum Gasteiger partial charge on any atom is 0.241 e. The van der Waals surface area contributed by atoms with Gasteiger partial charge in [0.1, 0.15) is 5.75 Å². The Labute approximate surface area is 195 Å². The number of hydrogen-bond acceptors (Lipinski definition) is 6. The van der Waals surface area contributed by atoms with E-state index in [-0.39, 0.29) is 23.5 Å². The predicted octanol–water partition coefficient (Wildman–Crippen LogP) is 1.96. The molecule has 5 rings (SSSR count). The van der Waals surface area contributed by atoms with Gasteiger partial charge >= 0.3 is 0 Å². The summed E-state index contributed by atoms with van der Waals surface area (Å²) in [5, 5.41) is 0. The van der Waals surface area contributed by atoms with Crippen molar-refractivity contribution in [3.63, 3.8) is 0 Å². The number of rotatable bonds is 6. The smallest absolute Gasteiger partial charge is 0.241 e. The van der Waals surface area contributed by atoms with Gasteiger partial charge in [0.2, 0.25) is 5.91 Å². The highest BCUT2D eigenvalue weighted by Gasteiger charge is 2.36. The first-order valence-corrected chi connectivity index (χ1v) is 13.6. The number of sulfone groups is 1. The Morgan fingerprint density at radius 1 is 1.03 bits per heavy atom. The molecule has 0 aromatic heterocycles. The van der Waals surface area contributed by atoms with Gasteiger partial charge in [-0.1, -0.05) is 30.3 Å². The van der Waals surface area contributed by atoms with E-state index in [1.807, 2.05) is 30.3 Å². The molecule has 0 N–H and O–H groups in total. The molecular formula is C25H31N3O4S. The minimum Gasteiger partial charge on any atom is -0.493 e. The Morgan fingerprint density at radius 3 is 2.52 bits per heavy atom. The Morgan fingerprint density at radius 2 is 1.79 bits per heavy atom. The number of piperazine rings is 1. The first-order valence-electron chi connectivity index (χ1n) is 11.7. The number of ether oxygens (including phenoxy) is 1. The topological polar surface area (TPSA) is 70.2 Å². The first-order chi connectivity index (χ1) is 16.0. The van der Waals surface area contributed by atoms with E-state index < -0.39 is 9.84 Å². The van der Waals surface area contributed by atoms with Gasteiger partial charge in [-0.25, -0.2) is 8.42 Å². The fourth-order valence-electron chi connectivity index (χ4n) is 5.10. The van der Waals surface area contributed by atoms with Crippen molar-refractivity contribution in [1.29, 1.82) is 0 Å². The zero-order valence-electron chi connectivity index (χ0n) is 18.9. The van der Waals surface area contributed by atoms with Crippen LogP contribution in [0.25, 0.3) is 0 Å². The predicted molar refractivity (Wildman–Crippen MR) is 128 cm³/mol. The van der Waals surface area contributed by atoms with Gasteiger partial charge in [-0.2, -0.15) is 0 Å². The monoisotopic (exact) mass is 469 g/mol. The number of amides is 1. The van der Waals surface area contributed by atoms with Crippen molar-refractivity contribution in [2.24, 2.45) is 0 Å². The molecule has 0 radical (unpaired) electrons. The molecule has 3 aliphatic heterocycles. The molecule has 0 aliphatic carbocycles. The molecule has 7 nitrogen and oxygen atoms in total. The van der Waals surface area contributed by atoms with Gasteiger partial charge in [0.15, 0.2) is 9.84 Å². The molecule has 0 spiro atoms. The van der Waals surface area contributed by atoms with Crippen molar-refractivity contribution in [3.05, 3.63) is 59.7 Å². The summed E-state index contributed by atoms with van der Waals surface area (Å²) in [4.78, 5) is 19.7. The van der Waals surface area contributed by atoms with Gasteiger partial charge in [0.05, 0.1) is 30.7 Å². The maximum atomic E-state index is 13.4. The summed E-state index contributed by atoms with van der Waals surface area (Å²) in [6, 6.07) is 15.7. The molecular weight excluding hydrogens is 438 g/mol. The van der Waals surface area contributed by atoms with Crippen LogP contribution in [0.4, 0.5) is 5.69 Å². The lowest BCUT2D eigenvalue weighted by Gasteiger charge is -2.36. The van der Waals surface area contributed by atoms with Crippen LogP contribution in [0.3, 0.4) is 0 Å². The Hall–Kier alpha value is -2.42. The zero-order valence-corrected chi connectivity index (χ0v) is 19.7. The number of anilines is 1. The van der Waals surface area contributed by atoms with Crippen LogP contribution in [0.15, 0.2) is 48.5 Å². The van der Waals surface area contributed by atoms with Gasteiger partial charge < -0.3 is 9.64 Å². The molecule has 176 valence electrons. The summed E-state index contributed by atoms with van der Waals surface area (Å²) in [6.07, 6.45) is 1.49. The first kappa shape index (κ1) is 22.4. The molecule has 33 heavy (non-hydrogen) atoms. The molecule has 2 fully saturated rings. The van der Waals surface area contributed by atoms with Gasteiger partial charge in [-0.3, -0.25) is 14.6 Å². The van der Waals surface area contributed by atoms with E-state index in [0.717, 1.165) is 57.2 Å². The lowest BCUT2D eigenvalue weighted by atomic mass is 10.1. The van der Waals surface area contributed by atoms with E-state index in [0.29, 0.717) is 13.0 Å². The second-order valence-corrected chi connectivity index (χ2v) is 11.5. The van der Waals surface area contributed by atoms with E-state index in [2.05, 4.69) is 28.0 Å². The lowest BCUT2D eigenvalue weighted by Crippen LogP contribution is -2.51. The van der Waals surface area contributed by atoms with Crippen LogP contribution in [0.5, 0.6) is 5.75 Å². The van der Waals surface area contributed by atoms with Gasteiger partial charge in [-0.15, -0.1) is 0 Å². The Bertz CT molecular complexity index is 1100. The summed E-state index contributed by atoms with van der Waals surface area (Å²) in [6.45, 7) is 5.46. The summed E-state index contributed by atoms with van der Waals surface area (Å²) in [7, 11) is -3.08. The quantitative estimate of drug-likeness (QED) is 0.644. The van der Waals surface area contributed by atoms with Crippen molar-refractivity contribution < 1.29 is 17.9 Å². The summed E-state index contributed by atoms with van der Waals surface area (Å²) >= 11 is 0. The molecule has 0 saturated carbocycles. The number of nitrogens with zero attached hydrogens (tertiary/aromatic N) is 3. The molecule has 2 aromatic rings. The second kappa shape index (κ2) is 9.44. The van der Waals surface area contributed by atoms with Crippen molar-refractivity contribution in [2.75, 3.05) is 55.7 Å². The maximum absolute atomic E-state index is 13.4. The summed E-state index contributed by atoms with van der Waals surface area (Å²) in [5.74, 6) is 1.20. The third kappa shape index (κ3) is 5.23. The molecule has 3 heterocycles. The highest BCUT2D eigenvalue weighted by Crippen LogP contribution is 2.27. The third-order valence-corrected chi connectivity index (χ3v) is 8.61. The van der Waals surface area contributed by atoms with Crippen molar-refractivity contribution in [1.82, 2.24) is 9.80 Å². The normalized spacial score (nSPS) is 22.6. The minimum absolute atomic E-state index is 0.0182. The van der Waals surface area contributed by atoms with Crippen LogP contribution >= 0.6 is 0 Å². The number of benzene rings is 2. The number of carbonyl (C=O) groups excluding carboxylic acids is 1. The standard InChI is InChI=1S/C25H31N3O4S/c29-25(28(22-4-2-1-3-5-22)23-9-15-33(30,31)19-23)18-27-12-10-26(11-13-27)17-20-6-7-24-21(16-20)8-14-32-24/h1-7,16,23H,8-15,17-19H2/t23-/m1/s1. The molecule has 1 amide bonds. The van der Waals surface area contributed by atoms with Gasteiger partial charge in [0, 0.05) is 44.8 Å². The second-order valence-electron chi connectivity index (χ2n) is 9.25. The fourth-order valence-corrected chi connectivity index (χ4v) is 6.80. The number of fused-ring (bicyclic) bond motifs is 1. The van der Waals surface area contributed by atoms with Crippen LogP contribution in [-0.4, -0.2) is 81.0 Å². The van der Waals surface area contributed by atoms with Crippen LogP contribution in [-0.2, 0) is 27.6 Å². The van der Waals surface area contributed by atoms with Gasteiger partial charge in [-0.05, 0) is 35.7 Å². The minimum atomic E-state index is -3.08. The van der Waals surface area contributed by atoms with E-state index in [1.165, 1.54) is 11.1 Å². The molecule has 0 bridgehead atoms. The molecule has 2 aromatic carbocycles. The highest BCUT2D eigenvalue weighted by atomic mass is 32.2.